The Bertz CT molecular complexity index is 509. The highest BCUT2D eigenvalue weighted by Gasteiger charge is 2.35. The summed E-state index contributed by atoms with van der Waals surface area (Å²) >= 11 is 0. The van der Waals surface area contributed by atoms with Gasteiger partial charge >= 0.3 is 0 Å². The number of primary amides is 1. The van der Waals surface area contributed by atoms with E-state index < -0.39 is 0 Å². The fourth-order valence-electron chi connectivity index (χ4n) is 3.87. The minimum absolute atomic E-state index is 0.229. The van der Waals surface area contributed by atoms with Gasteiger partial charge < -0.3 is 10.8 Å². The molecule has 20 heavy (non-hydrogen) atoms. The molecule has 0 heterocycles. The highest BCUT2D eigenvalue weighted by atomic mass is 16.3. The molecule has 1 atom stereocenters. The number of amides is 1. The molecule has 1 aromatic carbocycles. The van der Waals surface area contributed by atoms with E-state index in [0.29, 0.717) is 18.3 Å². The van der Waals surface area contributed by atoms with Crippen LogP contribution in [0.5, 0.6) is 5.75 Å². The minimum atomic E-state index is -0.259. The molecular weight excluding hydrogens is 252 g/mol. The lowest BCUT2D eigenvalue weighted by atomic mass is 10.0. The summed E-state index contributed by atoms with van der Waals surface area (Å²) in [5.74, 6) is 0.126. The zero-order chi connectivity index (χ0) is 14.1. The number of hydrogen-bond acceptors (Lipinski definition) is 3. The number of hydrogen-bond donors (Lipinski definition) is 2. The molecule has 0 spiro atoms. The van der Waals surface area contributed by atoms with Crippen molar-refractivity contribution in [2.45, 2.75) is 50.6 Å². The molecule has 4 heteroatoms. The third kappa shape index (κ3) is 2.40. The van der Waals surface area contributed by atoms with Crippen LogP contribution in [0.25, 0.3) is 0 Å². The van der Waals surface area contributed by atoms with E-state index in [1.165, 1.54) is 18.4 Å². The molecule has 2 aliphatic carbocycles. The van der Waals surface area contributed by atoms with Gasteiger partial charge in [0.25, 0.3) is 0 Å². The number of phenolic OH excluding ortho intramolecular Hbond substituents is 1. The van der Waals surface area contributed by atoms with Crippen LogP contribution in [-0.2, 0) is 11.2 Å². The lowest BCUT2D eigenvalue weighted by Gasteiger charge is -2.34. The van der Waals surface area contributed by atoms with E-state index >= 15 is 0 Å². The zero-order valence-corrected chi connectivity index (χ0v) is 11.7. The van der Waals surface area contributed by atoms with Crippen molar-refractivity contribution < 1.29 is 9.90 Å². The number of benzene rings is 1. The average molecular weight is 274 g/mol. The Hall–Kier alpha value is -1.55. The van der Waals surface area contributed by atoms with Gasteiger partial charge in [-0.25, -0.2) is 0 Å². The first-order valence-electron chi connectivity index (χ1n) is 7.51. The van der Waals surface area contributed by atoms with Gasteiger partial charge in [0, 0.05) is 12.1 Å². The summed E-state index contributed by atoms with van der Waals surface area (Å²) in [6, 6.07) is 6.41. The van der Waals surface area contributed by atoms with Gasteiger partial charge in [-0.15, -0.1) is 0 Å². The summed E-state index contributed by atoms with van der Waals surface area (Å²) < 4.78 is 0. The van der Waals surface area contributed by atoms with Crippen LogP contribution in [0.15, 0.2) is 18.2 Å². The number of carbonyl (C=O) groups is 1. The summed E-state index contributed by atoms with van der Waals surface area (Å²) in [7, 11) is 0. The van der Waals surface area contributed by atoms with Crippen molar-refractivity contribution in [3.05, 3.63) is 29.3 Å². The van der Waals surface area contributed by atoms with E-state index in [0.717, 1.165) is 31.2 Å². The Labute approximate surface area is 119 Å². The van der Waals surface area contributed by atoms with Gasteiger partial charge in [0.1, 0.15) is 5.75 Å². The lowest BCUT2D eigenvalue weighted by Crippen LogP contribution is -2.41. The van der Waals surface area contributed by atoms with Crippen LogP contribution in [0.4, 0.5) is 0 Å². The van der Waals surface area contributed by atoms with Crippen molar-refractivity contribution in [2.75, 3.05) is 6.54 Å². The molecule has 0 bridgehead atoms. The largest absolute Gasteiger partial charge is 0.508 e. The monoisotopic (exact) mass is 274 g/mol. The van der Waals surface area contributed by atoms with E-state index in [9.17, 15) is 9.90 Å². The third-order valence-electron chi connectivity index (χ3n) is 4.75. The molecule has 1 fully saturated rings. The zero-order valence-electron chi connectivity index (χ0n) is 11.7. The van der Waals surface area contributed by atoms with Gasteiger partial charge in [0.15, 0.2) is 0 Å². The fraction of sp³-hybridized carbons (Fsp3) is 0.562. The number of fused-ring (bicyclic) bond motifs is 1. The number of nitrogens with zero attached hydrogens (tertiary/aromatic N) is 1. The molecule has 2 aliphatic rings. The summed E-state index contributed by atoms with van der Waals surface area (Å²) in [6.07, 6.45) is 6.63. The standard InChI is InChI=1S/C16H22N2O2/c17-16(20)10-18(11-4-1-2-5-11)14-9-8-13-12(14)6-3-7-15(13)19/h3,6-7,11,14,19H,1-2,4-5,8-10H2,(H2,17,20). The first-order valence-corrected chi connectivity index (χ1v) is 7.51. The van der Waals surface area contributed by atoms with E-state index in [1.54, 1.807) is 6.07 Å². The average Bonchev–Trinajstić information content (AvgIpc) is 3.06. The molecule has 4 nitrogen and oxygen atoms in total. The van der Waals surface area contributed by atoms with E-state index in [-0.39, 0.29) is 11.9 Å². The van der Waals surface area contributed by atoms with Crippen LogP contribution < -0.4 is 5.73 Å². The molecule has 0 aromatic heterocycles. The molecule has 3 rings (SSSR count). The molecule has 1 unspecified atom stereocenters. The number of carbonyl (C=O) groups excluding carboxylic acids is 1. The number of aromatic hydroxyl groups is 1. The van der Waals surface area contributed by atoms with Gasteiger partial charge in [-0.05, 0) is 42.9 Å². The van der Waals surface area contributed by atoms with Crippen molar-refractivity contribution in [1.82, 2.24) is 4.90 Å². The Morgan fingerprint density at radius 3 is 2.75 bits per heavy atom. The Morgan fingerprint density at radius 2 is 2.05 bits per heavy atom. The van der Waals surface area contributed by atoms with Gasteiger partial charge in [0.2, 0.25) is 5.91 Å². The summed E-state index contributed by atoms with van der Waals surface area (Å²) in [5.41, 5.74) is 7.67. The smallest absolute Gasteiger partial charge is 0.231 e. The highest BCUT2D eigenvalue weighted by Crippen LogP contribution is 2.42. The second-order valence-corrected chi connectivity index (χ2v) is 5.98. The summed E-state index contributed by atoms with van der Waals surface area (Å²) in [6.45, 7) is 0.324. The molecule has 108 valence electrons. The van der Waals surface area contributed by atoms with E-state index in [4.69, 9.17) is 5.73 Å². The molecule has 1 amide bonds. The number of nitrogens with two attached hydrogens (primary N) is 1. The summed E-state index contributed by atoms with van der Waals surface area (Å²) in [5, 5.41) is 9.97. The van der Waals surface area contributed by atoms with Gasteiger partial charge in [-0.1, -0.05) is 25.0 Å². The van der Waals surface area contributed by atoms with Crippen molar-refractivity contribution in [2.24, 2.45) is 5.73 Å². The Morgan fingerprint density at radius 1 is 1.30 bits per heavy atom. The predicted octanol–water partition coefficient (Wildman–Crippen LogP) is 2.11. The van der Waals surface area contributed by atoms with E-state index in [2.05, 4.69) is 11.0 Å². The maximum Gasteiger partial charge on any atom is 0.231 e. The van der Waals surface area contributed by atoms with Crippen LogP contribution in [0.1, 0.15) is 49.3 Å². The van der Waals surface area contributed by atoms with Crippen molar-refractivity contribution in [3.8, 4) is 5.75 Å². The second-order valence-electron chi connectivity index (χ2n) is 5.98. The molecule has 0 radical (unpaired) electrons. The maximum atomic E-state index is 11.4. The van der Waals surface area contributed by atoms with Crippen molar-refractivity contribution in [3.63, 3.8) is 0 Å². The quantitative estimate of drug-likeness (QED) is 0.883. The Balaban J connectivity index is 1.89. The van der Waals surface area contributed by atoms with E-state index in [1.807, 2.05) is 6.07 Å². The normalized spacial score (nSPS) is 22.4. The van der Waals surface area contributed by atoms with Crippen LogP contribution in [0.2, 0.25) is 0 Å². The lowest BCUT2D eigenvalue weighted by molar-refractivity contribution is -0.120. The molecule has 1 aromatic rings. The fourth-order valence-corrected chi connectivity index (χ4v) is 3.87. The third-order valence-corrected chi connectivity index (χ3v) is 4.75. The minimum Gasteiger partial charge on any atom is -0.508 e. The second kappa shape index (κ2) is 5.44. The topological polar surface area (TPSA) is 66.6 Å². The predicted molar refractivity (Wildman–Crippen MR) is 77.3 cm³/mol. The SMILES string of the molecule is NC(=O)CN(C1CCCC1)C1CCc2c(O)cccc21. The van der Waals surface area contributed by atoms with Gasteiger partial charge in [-0.2, -0.15) is 0 Å². The van der Waals surface area contributed by atoms with Crippen LogP contribution >= 0.6 is 0 Å². The summed E-state index contributed by atoms with van der Waals surface area (Å²) in [4.78, 5) is 13.7. The molecule has 0 saturated heterocycles. The first-order chi connectivity index (χ1) is 9.66. The first kappa shape index (κ1) is 13.4. The van der Waals surface area contributed by atoms with Gasteiger partial charge in [0.05, 0.1) is 6.54 Å². The van der Waals surface area contributed by atoms with Crippen molar-refractivity contribution in [1.29, 1.82) is 0 Å². The highest BCUT2D eigenvalue weighted by molar-refractivity contribution is 5.76. The van der Waals surface area contributed by atoms with Crippen molar-refractivity contribution >= 4 is 5.91 Å². The molecule has 1 saturated carbocycles. The molecule has 0 aliphatic heterocycles. The molecular formula is C16H22N2O2. The number of rotatable bonds is 4. The van der Waals surface area contributed by atoms with Crippen LogP contribution in [0.3, 0.4) is 0 Å². The maximum absolute atomic E-state index is 11.4. The van der Waals surface area contributed by atoms with Gasteiger partial charge in [-0.3, -0.25) is 9.69 Å². The Kier molecular flexibility index (Phi) is 3.66. The molecule has 3 N–H and O–H groups in total. The number of phenols is 1. The van der Waals surface area contributed by atoms with Crippen LogP contribution in [-0.4, -0.2) is 28.5 Å². The van der Waals surface area contributed by atoms with Crippen LogP contribution in [0, 0.1) is 0 Å².